The van der Waals surface area contributed by atoms with Gasteiger partial charge in [-0.15, -0.1) is 0 Å². The van der Waals surface area contributed by atoms with Gasteiger partial charge in [-0.25, -0.2) is 0 Å². The molecular weight excluding hydrogens is 199 g/mol. The Kier molecular flexibility index (Phi) is 2.38. The molecule has 0 unspecified atom stereocenters. The summed E-state index contributed by atoms with van der Waals surface area (Å²) in [7, 11) is -1.26. The van der Waals surface area contributed by atoms with E-state index >= 15 is 0 Å². The van der Waals surface area contributed by atoms with E-state index in [2.05, 4.69) is 0 Å². The van der Waals surface area contributed by atoms with E-state index in [0.29, 0.717) is 0 Å². The second kappa shape index (κ2) is 3.41. The molecule has 2 rings (SSSR count). The molecule has 0 spiro atoms. The fourth-order valence-corrected chi connectivity index (χ4v) is 2.22. The molecule has 0 amide bonds. The Bertz CT molecular complexity index is 307. The van der Waals surface area contributed by atoms with Gasteiger partial charge in [-0.05, 0) is 32.9 Å². The maximum absolute atomic E-state index is 5.60. The highest BCUT2D eigenvalue weighted by atomic mass is 31.2. The van der Waals surface area contributed by atoms with Crippen LogP contribution in [0.15, 0.2) is 24.3 Å². The Morgan fingerprint density at radius 2 is 1.57 bits per heavy atom. The number of benzene rings is 1. The summed E-state index contributed by atoms with van der Waals surface area (Å²) >= 11 is 0. The van der Waals surface area contributed by atoms with Crippen molar-refractivity contribution in [2.45, 2.75) is 26.4 Å². The molecule has 0 fully saturated rings. The van der Waals surface area contributed by atoms with Crippen molar-refractivity contribution < 1.29 is 13.6 Å². The van der Waals surface area contributed by atoms with Crippen LogP contribution in [0.5, 0.6) is 11.5 Å². The van der Waals surface area contributed by atoms with Crippen molar-refractivity contribution in [1.29, 1.82) is 0 Å². The van der Waals surface area contributed by atoms with Crippen LogP contribution in [0, 0.1) is 0 Å². The van der Waals surface area contributed by atoms with Crippen LogP contribution in [0.3, 0.4) is 0 Å². The summed E-state index contributed by atoms with van der Waals surface area (Å²) in [6.45, 7) is 5.93. The summed E-state index contributed by atoms with van der Waals surface area (Å²) in [5.74, 6) is 1.53. The first-order chi connectivity index (χ1) is 6.54. The van der Waals surface area contributed by atoms with Gasteiger partial charge in [0.25, 0.3) is 0 Å². The lowest BCUT2D eigenvalue weighted by atomic mass is 10.2. The van der Waals surface area contributed by atoms with Crippen molar-refractivity contribution in [2.24, 2.45) is 0 Å². The standard InChI is InChI=1S/C10H13O3P/c1-10(2,3)13-14-11-8-6-4-5-7-9(8)12-14/h4-7H,1-3H3. The van der Waals surface area contributed by atoms with Gasteiger partial charge in [-0.1, -0.05) is 12.1 Å². The molecule has 76 valence electrons. The lowest BCUT2D eigenvalue weighted by Crippen LogP contribution is -2.17. The van der Waals surface area contributed by atoms with E-state index in [1.54, 1.807) is 0 Å². The first-order valence-electron chi connectivity index (χ1n) is 4.49. The first kappa shape index (κ1) is 9.75. The molecule has 0 bridgehead atoms. The van der Waals surface area contributed by atoms with E-state index in [0.717, 1.165) is 11.5 Å². The van der Waals surface area contributed by atoms with E-state index in [4.69, 9.17) is 13.6 Å². The summed E-state index contributed by atoms with van der Waals surface area (Å²) < 4.78 is 16.6. The molecule has 0 N–H and O–H groups in total. The van der Waals surface area contributed by atoms with Crippen molar-refractivity contribution >= 4 is 8.60 Å². The average molecular weight is 212 g/mol. The predicted octanol–water partition coefficient (Wildman–Crippen LogP) is 3.50. The Morgan fingerprint density at radius 1 is 1.07 bits per heavy atom. The number of fused-ring (bicyclic) bond motifs is 1. The third-order valence-corrected chi connectivity index (χ3v) is 2.93. The summed E-state index contributed by atoms with van der Waals surface area (Å²) in [6, 6.07) is 7.59. The number of hydrogen-bond donors (Lipinski definition) is 0. The lowest BCUT2D eigenvalue weighted by molar-refractivity contribution is 0.121. The molecule has 1 aromatic carbocycles. The molecule has 4 heteroatoms. The first-order valence-corrected chi connectivity index (χ1v) is 5.58. The normalized spacial score (nSPS) is 15.9. The van der Waals surface area contributed by atoms with Crippen molar-refractivity contribution in [3.05, 3.63) is 24.3 Å². The SMILES string of the molecule is CC(C)(C)OP1Oc2ccccc2O1. The van der Waals surface area contributed by atoms with Crippen LogP contribution in [0.2, 0.25) is 0 Å². The fourth-order valence-electron chi connectivity index (χ4n) is 1.04. The molecule has 0 radical (unpaired) electrons. The van der Waals surface area contributed by atoms with Crippen molar-refractivity contribution in [3.8, 4) is 11.5 Å². The maximum atomic E-state index is 5.60. The Balaban J connectivity index is 2.05. The number of para-hydroxylation sites is 2. The Morgan fingerprint density at radius 3 is 2.00 bits per heavy atom. The number of hydrogen-bond acceptors (Lipinski definition) is 3. The third kappa shape index (κ3) is 2.17. The highest BCUT2D eigenvalue weighted by molar-refractivity contribution is 7.43. The highest BCUT2D eigenvalue weighted by Gasteiger charge is 2.31. The molecule has 1 aliphatic rings. The lowest BCUT2D eigenvalue weighted by Gasteiger charge is -2.20. The molecule has 14 heavy (non-hydrogen) atoms. The molecule has 0 aromatic heterocycles. The van der Waals surface area contributed by atoms with Crippen molar-refractivity contribution in [1.82, 2.24) is 0 Å². The van der Waals surface area contributed by atoms with E-state index in [9.17, 15) is 0 Å². The van der Waals surface area contributed by atoms with Crippen LogP contribution in [-0.2, 0) is 4.52 Å². The van der Waals surface area contributed by atoms with Gasteiger partial charge < -0.3 is 9.05 Å². The summed E-state index contributed by atoms with van der Waals surface area (Å²) in [5, 5.41) is 0. The molecule has 1 aliphatic heterocycles. The van der Waals surface area contributed by atoms with Gasteiger partial charge in [0.15, 0.2) is 11.5 Å². The third-order valence-electron chi connectivity index (χ3n) is 1.54. The topological polar surface area (TPSA) is 27.7 Å². The maximum Gasteiger partial charge on any atom is 0.463 e. The Labute approximate surface area is 85.0 Å². The van der Waals surface area contributed by atoms with E-state index in [1.807, 2.05) is 45.0 Å². The molecule has 1 heterocycles. The fraction of sp³-hybridized carbons (Fsp3) is 0.400. The van der Waals surface area contributed by atoms with Gasteiger partial charge >= 0.3 is 8.60 Å². The molecule has 0 saturated carbocycles. The zero-order chi connectivity index (χ0) is 10.2. The van der Waals surface area contributed by atoms with Gasteiger partial charge in [-0.2, -0.15) is 0 Å². The molecular formula is C10H13O3P. The van der Waals surface area contributed by atoms with Gasteiger partial charge in [0.2, 0.25) is 0 Å². The minimum absolute atomic E-state index is 0.242. The smallest absolute Gasteiger partial charge is 0.414 e. The van der Waals surface area contributed by atoms with Crippen LogP contribution in [-0.4, -0.2) is 5.60 Å². The molecule has 0 saturated heterocycles. The van der Waals surface area contributed by atoms with Crippen LogP contribution >= 0.6 is 8.60 Å². The van der Waals surface area contributed by atoms with E-state index < -0.39 is 8.60 Å². The van der Waals surface area contributed by atoms with E-state index in [-0.39, 0.29) is 5.60 Å². The van der Waals surface area contributed by atoms with Crippen molar-refractivity contribution in [3.63, 3.8) is 0 Å². The van der Waals surface area contributed by atoms with Crippen LogP contribution in [0.25, 0.3) is 0 Å². The van der Waals surface area contributed by atoms with Crippen LogP contribution in [0.4, 0.5) is 0 Å². The zero-order valence-corrected chi connectivity index (χ0v) is 9.38. The molecule has 0 atom stereocenters. The second-order valence-corrected chi connectivity index (χ2v) is 5.05. The molecule has 0 aliphatic carbocycles. The molecule has 3 nitrogen and oxygen atoms in total. The van der Waals surface area contributed by atoms with Crippen molar-refractivity contribution in [2.75, 3.05) is 0 Å². The second-order valence-electron chi connectivity index (χ2n) is 4.06. The predicted molar refractivity (Wildman–Crippen MR) is 55.5 cm³/mol. The monoisotopic (exact) mass is 212 g/mol. The van der Waals surface area contributed by atoms with Crippen LogP contribution < -0.4 is 9.05 Å². The van der Waals surface area contributed by atoms with Gasteiger partial charge in [0, 0.05) is 0 Å². The summed E-state index contributed by atoms with van der Waals surface area (Å²) in [4.78, 5) is 0. The van der Waals surface area contributed by atoms with Gasteiger partial charge in [-0.3, -0.25) is 4.52 Å². The summed E-state index contributed by atoms with van der Waals surface area (Å²) in [6.07, 6.45) is 0. The number of rotatable bonds is 1. The average Bonchev–Trinajstić information content (AvgIpc) is 2.42. The minimum atomic E-state index is -1.26. The minimum Gasteiger partial charge on any atom is -0.414 e. The van der Waals surface area contributed by atoms with Gasteiger partial charge in [0.05, 0.1) is 5.60 Å². The largest absolute Gasteiger partial charge is 0.463 e. The van der Waals surface area contributed by atoms with Crippen LogP contribution in [0.1, 0.15) is 20.8 Å². The highest BCUT2D eigenvalue weighted by Crippen LogP contribution is 2.54. The summed E-state index contributed by atoms with van der Waals surface area (Å²) in [5.41, 5.74) is -0.242. The van der Waals surface area contributed by atoms with Gasteiger partial charge in [0.1, 0.15) is 0 Å². The Hall–Kier alpha value is -0.790. The zero-order valence-electron chi connectivity index (χ0n) is 8.48. The molecule has 1 aromatic rings. The quantitative estimate of drug-likeness (QED) is 0.667. The van der Waals surface area contributed by atoms with E-state index in [1.165, 1.54) is 0 Å².